The van der Waals surface area contributed by atoms with Gasteiger partial charge in [0, 0.05) is 5.41 Å². The summed E-state index contributed by atoms with van der Waals surface area (Å²) in [5.41, 5.74) is 1.97. The van der Waals surface area contributed by atoms with Crippen molar-refractivity contribution in [3.63, 3.8) is 0 Å². The summed E-state index contributed by atoms with van der Waals surface area (Å²) in [6, 6.07) is 5.35. The van der Waals surface area contributed by atoms with Crippen molar-refractivity contribution in [1.82, 2.24) is 0 Å². The summed E-state index contributed by atoms with van der Waals surface area (Å²) in [5.74, 6) is 0.148. The van der Waals surface area contributed by atoms with Crippen LogP contribution in [0.15, 0.2) is 18.2 Å². The first-order chi connectivity index (χ1) is 11.3. The van der Waals surface area contributed by atoms with Crippen molar-refractivity contribution in [1.29, 1.82) is 0 Å². The minimum absolute atomic E-state index is 0.148. The molecule has 1 aliphatic carbocycles. The lowest BCUT2D eigenvalue weighted by atomic mass is 9.75. The Labute approximate surface area is 147 Å². The second-order valence-corrected chi connectivity index (χ2v) is 7.87. The third-order valence-electron chi connectivity index (χ3n) is 4.82. The second kappa shape index (κ2) is 8.18. The summed E-state index contributed by atoms with van der Waals surface area (Å²) in [7, 11) is 0.642. The molecule has 2 rings (SSSR count). The Morgan fingerprint density at radius 2 is 1.83 bits per heavy atom. The van der Waals surface area contributed by atoms with Gasteiger partial charge in [-0.2, -0.15) is 0 Å². The van der Waals surface area contributed by atoms with Crippen molar-refractivity contribution in [3.05, 3.63) is 34.9 Å². The van der Waals surface area contributed by atoms with Gasteiger partial charge in [0.05, 0.1) is 0 Å². The number of hydrogen-bond acceptors (Lipinski definition) is 3. The molecule has 0 amide bonds. The van der Waals surface area contributed by atoms with Crippen LogP contribution in [-0.4, -0.2) is 37.3 Å². The molecule has 0 heterocycles. The zero-order valence-electron chi connectivity index (χ0n) is 14.5. The topological polar surface area (TPSA) is 38.7 Å². The summed E-state index contributed by atoms with van der Waals surface area (Å²) in [5, 5.41) is 9.83. The third kappa shape index (κ3) is 3.80. The average molecular weight is 371 g/mol. The number of rotatable bonds is 8. The SMILES string of the molecule is C[Si]OC(O[Si]C)C(C)(C)C1CCc2c(C(O)C(F)F)cccc21. The van der Waals surface area contributed by atoms with Crippen molar-refractivity contribution in [2.75, 3.05) is 0 Å². The van der Waals surface area contributed by atoms with Crippen LogP contribution in [0.3, 0.4) is 0 Å². The molecule has 132 valence electrons. The van der Waals surface area contributed by atoms with Crippen molar-refractivity contribution >= 4 is 19.5 Å². The van der Waals surface area contributed by atoms with Crippen molar-refractivity contribution in [2.24, 2.45) is 5.41 Å². The molecule has 7 heteroatoms. The van der Waals surface area contributed by atoms with Crippen LogP contribution in [0.5, 0.6) is 0 Å². The lowest BCUT2D eigenvalue weighted by molar-refractivity contribution is -0.0902. The molecule has 2 unspecified atom stereocenters. The average Bonchev–Trinajstić information content (AvgIpc) is 2.98. The number of aliphatic hydroxyl groups excluding tert-OH is 1. The quantitative estimate of drug-likeness (QED) is 0.560. The molecule has 24 heavy (non-hydrogen) atoms. The summed E-state index contributed by atoms with van der Waals surface area (Å²) in [4.78, 5) is 0. The number of benzene rings is 1. The normalized spacial score (nSPS) is 19.1. The molecule has 0 saturated carbocycles. The van der Waals surface area contributed by atoms with Crippen LogP contribution in [0.4, 0.5) is 8.78 Å². The van der Waals surface area contributed by atoms with Crippen molar-refractivity contribution in [3.8, 4) is 0 Å². The van der Waals surface area contributed by atoms with E-state index in [9.17, 15) is 13.9 Å². The second-order valence-electron chi connectivity index (χ2n) is 6.58. The Balaban J connectivity index is 2.36. The van der Waals surface area contributed by atoms with E-state index in [2.05, 4.69) is 13.8 Å². The van der Waals surface area contributed by atoms with Gasteiger partial charge in [-0.15, -0.1) is 0 Å². The Kier molecular flexibility index (Phi) is 6.72. The Bertz CT molecular complexity index is 549. The van der Waals surface area contributed by atoms with Crippen molar-refractivity contribution < 1.29 is 22.7 Å². The predicted octanol–water partition coefficient (Wildman–Crippen LogP) is 3.74. The van der Waals surface area contributed by atoms with E-state index < -0.39 is 12.5 Å². The Morgan fingerprint density at radius 1 is 1.21 bits per heavy atom. The number of hydrogen-bond donors (Lipinski definition) is 1. The molecule has 0 bridgehead atoms. The van der Waals surface area contributed by atoms with Crippen LogP contribution in [0.2, 0.25) is 13.1 Å². The predicted molar refractivity (Wildman–Crippen MR) is 91.4 cm³/mol. The van der Waals surface area contributed by atoms with E-state index in [4.69, 9.17) is 8.85 Å². The van der Waals surface area contributed by atoms with Crippen LogP contribution in [0, 0.1) is 5.41 Å². The minimum atomic E-state index is -2.77. The van der Waals surface area contributed by atoms with Gasteiger partial charge in [0.1, 0.15) is 12.4 Å². The first-order valence-electron chi connectivity index (χ1n) is 8.07. The lowest BCUT2D eigenvalue weighted by Crippen LogP contribution is -2.40. The molecule has 4 radical (unpaired) electrons. The van der Waals surface area contributed by atoms with Crippen LogP contribution >= 0.6 is 0 Å². The number of alkyl halides is 2. The Morgan fingerprint density at radius 3 is 2.38 bits per heavy atom. The molecule has 0 saturated heterocycles. The lowest BCUT2D eigenvalue weighted by Gasteiger charge is -2.39. The third-order valence-corrected chi connectivity index (χ3v) is 5.72. The summed E-state index contributed by atoms with van der Waals surface area (Å²) in [6.07, 6.45) is -3.29. The van der Waals surface area contributed by atoms with Crippen LogP contribution in [0.1, 0.15) is 49.0 Å². The fourth-order valence-corrected chi connectivity index (χ4v) is 4.80. The molecule has 0 spiro atoms. The molecule has 2 atom stereocenters. The molecule has 0 fully saturated rings. The van der Waals surface area contributed by atoms with Crippen LogP contribution < -0.4 is 0 Å². The first-order valence-corrected chi connectivity index (χ1v) is 10.9. The Hall–Kier alpha value is -0.606. The van der Waals surface area contributed by atoms with E-state index in [0.717, 1.165) is 17.5 Å². The van der Waals surface area contributed by atoms with Gasteiger partial charge in [-0.3, -0.25) is 0 Å². The zero-order chi connectivity index (χ0) is 17.9. The van der Waals surface area contributed by atoms with Gasteiger partial charge in [-0.1, -0.05) is 32.0 Å². The number of halogens is 2. The number of fused-ring (bicyclic) bond motifs is 1. The van der Waals surface area contributed by atoms with E-state index in [1.807, 2.05) is 19.2 Å². The molecule has 1 N–H and O–H groups in total. The van der Waals surface area contributed by atoms with Gasteiger partial charge in [-0.25, -0.2) is 8.78 Å². The van der Waals surface area contributed by atoms with Gasteiger partial charge < -0.3 is 14.0 Å². The van der Waals surface area contributed by atoms with E-state index in [1.54, 1.807) is 12.1 Å². The molecule has 1 aliphatic rings. The largest absolute Gasteiger partial charge is 0.394 e. The summed E-state index contributed by atoms with van der Waals surface area (Å²) >= 11 is 0. The standard InChI is InChI=1S/C17H24F2O3Si2/c1-17(2,16(21-23-3)22-24-4)13-9-8-10-11(13)6-5-7-12(10)14(20)15(18)19/h5-7,13-16,20H,8-9H2,1-4H3. The van der Waals surface area contributed by atoms with Crippen molar-refractivity contribution in [2.45, 2.75) is 64.5 Å². The smallest absolute Gasteiger partial charge is 0.268 e. The summed E-state index contributed by atoms with van der Waals surface area (Å²) < 4.78 is 37.6. The van der Waals surface area contributed by atoms with E-state index in [1.165, 1.54) is 0 Å². The molecule has 0 aromatic heterocycles. The van der Waals surface area contributed by atoms with Gasteiger partial charge in [-0.05, 0) is 48.5 Å². The molecule has 1 aromatic carbocycles. The van der Waals surface area contributed by atoms with Gasteiger partial charge >= 0.3 is 0 Å². The van der Waals surface area contributed by atoms with Crippen LogP contribution in [0.25, 0.3) is 0 Å². The monoisotopic (exact) mass is 370 g/mol. The molecule has 1 aromatic rings. The molecular weight excluding hydrogens is 346 g/mol. The maximum Gasteiger partial charge on any atom is 0.268 e. The highest BCUT2D eigenvalue weighted by Gasteiger charge is 2.43. The highest BCUT2D eigenvalue weighted by atomic mass is 28.2. The van der Waals surface area contributed by atoms with E-state index in [0.29, 0.717) is 31.5 Å². The molecule has 3 nitrogen and oxygen atoms in total. The van der Waals surface area contributed by atoms with Crippen LogP contribution in [-0.2, 0) is 15.3 Å². The highest BCUT2D eigenvalue weighted by Crippen LogP contribution is 2.49. The first kappa shape index (κ1) is 19.7. The van der Waals surface area contributed by atoms with Gasteiger partial charge in [0.25, 0.3) is 6.43 Å². The van der Waals surface area contributed by atoms with E-state index in [-0.39, 0.29) is 17.6 Å². The highest BCUT2D eigenvalue weighted by molar-refractivity contribution is 6.26. The van der Waals surface area contributed by atoms with Gasteiger partial charge in [0.15, 0.2) is 0 Å². The number of aliphatic hydroxyl groups is 1. The minimum Gasteiger partial charge on any atom is -0.394 e. The summed E-state index contributed by atoms with van der Waals surface area (Å²) in [6.45, 7) is 8.14. The van der Waals surface area contributed by atoms with Gasteiger partial charge in [0.2, 0.25) is 19.5 Å². The fraction of sp³-hybridized carbons (Fsp3) is 0.647. The van der Waals surface area contributed by atoms with E-state index >= 15 is 0 Å². The molecular formula is C17H24F2O3Si2. The maximum atomic E-state index is 13.0. The molecule has 0 aliphatic heterocycles. The zero-order valence-corrected chi connectivity index (χ0v) is 16.5. The maximum absolute atomic E-state index is 13.0. The fourth-order valence-electron chi connectivity index (χ4n) is 3.57.